The van der Waals surface area contributed by atoms with E-state index in [9.17, 15) is 9.59 Å². The van der Waals surface area contributed by atoms with Gasteiger partial charge >= 0.3 is 5.97 Å². The summed E-state index contributed by atoms with van der Waals surface area (Å²) in [4.78, 5) is 22.5. The van der Waals surface area contributed by atoms with Crippen molar-refractivity contribution in [2.75, 3.05) is 13.7 Å². The van der Waals surface area contributed by atoms with Crippen LogP contribution in [0.2, 0.25) is 0 Å². The Labute approximate surface area is 108 Å². The molecule has 0 aromatic heterocycles. The van der Waals surface area contributed by atoms with Gasteiger partial charge in [-0.15, -0.1) is 0 Å². The summed E-state index contributed by atoms with van der Waals surface area (Å²) in [5.74, 6) is -0.692. The molecule has 0 radical (unpaired) electrons. The number of ether oxygens (including phenoxy) is 1. The van der Waals surface area contributed by atoms with Crippen LogP contribution < -0.4 is 5.32 Å². The minimum absolute atomic E-state index is 0.0401. The lowest BCUT2D eigenvalue weighted by atomic mass is 9.86. The Morgan fingerprint density at radius 1 is 1.33 bits per heavy atom. The number of aliphatic carboxylic acids is 1. The lowest BCUT2D eigenvalue weighted by Crippen LogP contribution is -2.39. The molecule has 1 atom stereocenters. The van der Waals surface area contributed by atoms with E-state index in [2.05, 4.69) is 5.32 Å². The van der Waals surface area contributed by atoms with Gasteiger partial charge in [0.25, 0.3) is 0 Å². The van der Waals surface area contributed by atoms with Crippen molar-refractivity contribution in [3.05, 3.63) is 0 Å². The van der Waals surface area contributed by atoms with Gasteiger partial charge in [0.15, 0.2) is 0 Å². The summed E-state index contributed by atoms with van der Waals surface area (Å²) in [6.45, 7) is 2.56. The first-order chi connectivity index (χ1) is 8.52. The maximum Gasteiger partial charge on any atom is 0.306 e. The first kappa shape index (κ1) is 15.0. The predicted molar refractivity (Wildman–Crippen MR) is 67.2 cm³/mol. The Balaban J connectivity index is 2.24. The monoisotopic (exact) mass is 257 g/mol. The molecule has 5 nitrogen and oxygen atoms in total. The molecule has 2 N–H and O–H groups in total. The number of methoxy groups -OCH3 is 1. The first-order valence-corrected chi connectivity index (χ1v) is 6.54. The molecule has 18 heavy (non-hydrogen) atoms. The molecule has 0 aromatic rings. The van der Waals surface area contributed by atoms with Gasteiger partial charge in [-0.3, -0.25) is 9.59 Å². The highest BCUT2D eigenvalue weighted by atomic mass is 16.5. The zero-order valence-corrected chi connectivity index (χ0v) is 11.1. The average Bonchev–Trinajstić information content (AvgIpc) is 2.29. The predicted octanol–water partition coefficient (Wildman–Crippen LogP) is 1.42. The fourth-order valence-electron chi connectivity index (χ4n) is 2.43. The van der Waals surface area contributed by atoms with E-state index >= 15 is 0 Å². The molecular formula is C13H23NO4. The van der Waals surface area contributed by atoms with Gasteiger partial charge in [0.1, 0.15) is 0 Å². The minimum Gasteiger partial charge on any atom is -0.481 e. The second-order valence-corrected chi connectivity index (χ2v) is 5.22. The molecular weight excluding hydrogens is 234 g/mol. The molecule has 1 fully saturated rings. The molecule has 104 valence electrons. The van der Waals surface area contributed by atoms with Gasteiger partial charge in [-0.2, -0.15) is 0 Å². The van der Waals surface area contributed by atoms with E-state index in [1.165, 1.54) is 0 Å². The standard InChI is InChI=1S/C13H23NO4/c1-9(8-18-2)7-12(15)14-11-5-3-10(4-6-11)13(16)17/h9-11H,3-8H2,1-2H3,(H,14,15)(H,16,17). The third kappa shape index (κ3) is 5.04. The van der Waals surface area contributed by atoms with Gasteiger partial charge in [0.2, 0.25) is 5.91 Å². The number of amides is 1. The number of carboxylic acid groups (broad SMARTS) is 1. The fourth-order valence-corrected chi connectivity index (χ4v) is 2.43. The van der Waals surface area contributed by atoms with Crippen LogP contribution in [0.5, 0.6) is 0 Å². The smallest absolute Gasteiger partial charge is 0.306 e. The van der Waals surface area contributed by atoms with Crippen molar-refractivity contribution in [2.24, 2.45) is 11.8 Å². The average molecular weight is 257 g/mol. The third-order valence-electron chi connectivity index (χ3n) is 3.43. The highest BCUT2D eigenvalue weighted by molar-refractivity contribution is 5.76. The Hall–Kier alpha value is -1.10. The second kappa shape index (κ2) is 7.36. The van der Waals surface area contributed by atoms with Crippen molar-refractivity contribution in [3.8, 4) is 0 Å². The topological polar surface area (TPSA) is 75.6 Å². The zero-order valence-electron chi connectivity index (χ0n) is 11.1. The molecule has 0 heterocycles. The Morgan fingerprint density at radius 3 is 2.44 bits per heavy atom. The number of carbonyl (C=O) groups excluding carboxylic acids is 1. The summed E-state index contributed by atoms with van der Waals surface area (Å²) in [6, 6.07) is 0.142. The molecule has 1 rings (SSSR count). The summed E-state index contributed by atoms with van der Waals surface area (Å²) in [5, 5.41) is 11.9. The highest BCUT2D eigenvalue weighted by Gasteiger charge is 2.26. The van der Waals surface area contributed by atoms with E-state index in [0.29, 0.717) is 25.9 Å². The van der Waals surface area contributed by atoms with Gasteiger partial charge in [0, 0.05) is 26.2 Å². The molecule has 0 aromatic carbocycles. The Bertz CT molecular complexity index is 285. The molecule has 5 heteroatoms. The highest BCUT2D eigenvalue weighted by Crippen LogP contribution is 2.24. The van der Waals surface area contributed by atoms with E-state index < -0.39 is 5.97 Å². The van der Waals surface area contributed by atoms with Gasteiger partial charge in [0.05, 0.1) is 5.92 Å². The minimum atomic E-state index is -0.714. The van der Waals surface area contributed by atoms with Gasteiger partial charge in [-0.25, -0.2) is 0 Å². The number of carbonyl (C=O) groups is 2. The van der Waals surface area contributed by atoms with Crippen LogP contribution in [0, 0.1) is 11.8 Å². The molecule has 1 aliphatic rings. The Kier molecular flexibility index (Phi) is 6.12. The SMILES string of the molecule is COCC(C)CC(=O)NC1CCC(C(=O)O)CC1. The Morgan fingerprint density at radius 2 is 1.94 bits per heavy atom. The summed E-state index contributed by atoms with van der Waals surface area (Å²) in [5.41, 5.74) is 0. The van der Waals surface area contributed by atoms with E-state index in [-0.39, 0.29) is 23.8 Å². The normalized spacial score (nSPS) is 25.4. The van der Waals surface area contributed by atoms with Crippen molar-refractivity contribution in [2.45, 2.75) is 45.1 Å². The van der Waals surface area contributed by atoms with Crippen LogP contribution in [0.3, 0.4) is 0 Å². The van der Waals surface area contributed by atoms with Gasteiger partial charge < -0.3 is 15.2 Å². The van der Waals surface area contributed by atoms with Crippen LogP contribution >= 0.6 is 0 Å². The van der Waals surface area contributed by atoms with E-state index in [1.54, 1.807) is 7.11 Å². The van der Waals surface area contributed by atoms with Crippen molar-refractivity contribution in [1.82, 2.24) is 5.32 Å². The third-order valence-corrected chi connectivity index (χ3v) is 3.43. The van der Waals surface area contributed by atoms with Crippen LogP contribution in [0.1, 0.15) is 39.0 Å². The molecule has 0 spiro atoms. The molecule has 1 saturated carbocycles. The molecule has 1 amide bonds. The fraction of sp³-hybridized carbons (Fsp3) is 0.846. The molecule has 0 bridgehead atoms. The number of hydrogen-bond acceptors (Lipinski definition) is 3. The number of nitrogens with one attached hydrogen (secondary N) is 1. The van der Waals surface area contributed by atoms with E-state index in [4.69, 9.17) is 9.84 Å². The number of rotatable bonds is 6. The zero-order chi connectivity index (χ0) is 13.5. The van der Waals surface area contributed by atoms with E-state index in [0.717, 1.165) is 12.8 Å². The van der Waals surface area contributed by atoms with E-state index in [1.807, 2.05) is 6.92 Å². The van der Waals surface area contributed by atoms with Crippen molar-refractivity contribution in [1.29, 1.82) is 0 Å². The van der Waals surface area contributed by atoms with Crippen LogP contribution in [0.4, 0.5) is 0 Å². The van der Waals surface area contributed by atoms with Crippen molar-refractivity contribution in [3.63, 3.8) is 0 Å². The van der Waals surface area contributed by atoms with Crippen LogP contribution in [-0.4, -0.2) is 36.7 Å². The molecule has 0 saturated heterocycles. The second-order valence-electron chi connectivity index (χ2n) is 5.22. The lowest BCUT2D eigenvalue weighted by molar-refractivity contribution is -0.142. The summed E-state index contributed by atoms with van der Waals surface area (Å²) < 4.78 is 4.99. The summed E-state index contributed by atoms with van der Waals surface area (Å²) in [6.07, 6.45) is 3.32. The summed E-state index contributed by atoms with van der Waals surface area (Å²) in [7, 11) is 1.63. The molecule has 1 aliphatic carbocycles. The summed E-state index contributed by atoms with van der Waals surface area (Å²) >= 11 is 0. The molecule has 1 unspecified atom stereocenters. The van der Waals surface area contributed by atoms with Crippen LogP contribution in [-0.2, 0) is 14.3 Å². The van der Waals surface area contributed by atoms with Crippen LogP contribution in [0.15, 0.2) is 0 Å². The van der Waals surface area contributed by atoms with Gasteiger partial charge in [-0.05, 0) is 31.6 Å². The first-order valence-electron chi connectivity index (χ1n) is 6.54. The maximum atomic E-state index is 11.7. The quantitative estimate of drug-likeness (QED) is 0.754. The van der Waals surface area contributed by atoms with Crippen molar-refractivity contribution < 1.29 is 19.4 Å². The van der Waals surface area contributed by atoms with Crippen LogP contribution in [0.25, 0.3) is 0 Å². The maximum absolute atomic E-state index is 11.7. The lowest BCUT2D eigenvalue weighted by Gasteiger charge is -2.27. The number of hydrogen-bond donors (Lipinski definition) is 2. The van der Waals surface area contributed by atoms with Gasteiger partial charge in [-0.1, -0.05) is 6.92 Å². The van der Waals surface area contributed by atoms with Crippen molar-refractivity contribution >= 4 is 11.9 Å². The molecule has 0 aliphatic heterocycles. The largest absolute Gasteiger partial charge is 0.481 e. The number of carboxylic acids is 1.